The fourth-order valence-electron chi connectivity index (χ4n) is 0.497. The summed E-state index contributed by atoms with van der Waals surface area (Å²) in [6.07, 6.45) is 0. The zero-order valence-corrected chi connectivity index (χ0v) is 9.64. The third-order valence-corrected chi connectivity index (χ3v) is 3.91. The minimum Gasteiger partial charge on any atom is -0.345 e. The lowest BCUT2D eigenvalue weighted by atomic mass is 11.3. The van der Waals surface area contributed by atoms with Crippen molar-refractivity contribution in [3.05, 3.63) is 0 Å². The van der Waals surface area contributed by atoms with E-state index in [0.29, 0.717) is 0 Å². The highest BCUT2D eigenvalue weighted by Gasteiger charge is 1.91. The van der Waals surface area contributed by atoms with Crippen LogP contribution in [0.15, 0.2) is 0 Å². The van der Waals surface area contributed by atoms with Gasteiger partial charge >= 0.3 is 0 Å². The van der Waals surface area contributed by atoms with Crippen LogP contribution in [-0.2, 0) is 0 Å². The number of nitrogens with one attached hydrogen (secondary N) is 1. The van der Waals surface area contributed by atoms with Gasteiger partial charge in [0.15, 0.2) is 19.7 Å². The molecule has 0 fully saturated rings. The third-order valence-electron chi connectivity index (χ3n) is 0.856. The standard InChI is InChI=1S/C4H17N3Si2/c1-6(2)8-5-9-7(3)4/h5H,8-9H2,1-4H3. The Hall–Kier alpha value is 0.314. The lowest BCUT2D eigenvalue weighted by molar-refractivity contribution is 0.634. The van der Waals surface area contributed by atoms with E-state index in [1.807, 2.05) is 0 Å². The van der Waals surface area contributed by atoms with Crippen LogP contribution in [0, 0.1) is 0 Å². The molecule has 5 heteroatoms. The molecule has 56 valence electrons. The molecule has 0 unspecified atom stereocenters. The molecule has 0 aromatic carbocycles. The highest BCUT2D eigenvalue weighted by molar-refractivity contribution is 6.47. The molecule has 0 aliphatic carbocycles. The number of hydrogen-bond donors (Lipinski definition) is 1. The van der Waals surface area contributed by atoms with Gasteiger partial charge in [-0.25, -0.2) is 0 Å². The van der Waals surface area contributed by atoms with Crippen molar-refractivity contribution in [1.29, 1.82) is 0 Å². The maximum atomic E-state index is 3.51. The zero-order valence-electron chi connectivity index (χ0n) is 6.81. The van der Waals surface area contributed by atoms with Crippen molar-refractivity contribution in [2.24, 2.45) is 0 Å². The minimum atomic E-state index is -0.0933. The van der Waals surface area contributed by atoms with Crippen molar-refractivity contribution in [3.8, 4) is 0 Å². The van der Waals surface area contributed by atoms with Crippen LogP contribution in [0.2, 0.25) is 0 Å². The molecule has 0 bridgehead atoms. The Morgan fingerprint density at radius 1 is 0.889 bits per heavy atom. The van der Waals surface area contributed by atoms with Gasteiger partial charge in [0.25, 0.3) is 0 Å². The summed E-state index contributed by atoms with van der Waals surface area (Å²) in [6.45, 7) is 0. The van der Waals surface area contributed by atoms with E-state index in [1.54, 1.807) is 0 Å². The summed E-state index contributed by atoms with van der Waals surface area (Å²) >= 11 is 0. The van der Waals surface area contributed by atoms with Gasteiger partial charge in [-0.2, -0.15) is 0 Å². The maximum Gasteiger partial charge on any atom is 0.163 e. The van der Waals surface area contributed by atoms with Gasteiger partial charge in [0.05, 0.1) is 0 Å². The SMILES string of the molecule is CN(C)[SiH2]N[SiH2]N(C)C. The monoisotopic (exact) mass is 163 g/mol. The van der Waals surface area contributed by atoms with E-state index in [0.717, 1.165) is 0 Å². The molecule has 3 nitrogen and oxygen atoms in total. The van der Waals surface area contributed by atoms with Crippen LogP contribution < -0.4 is 4.65 Å². The third kappa shape index (κ3) is 8.31. The van der Waals surface area contributed by atoms with Gasteiger partial charge in [-0.1, -0.05) is 0 Å². The van der Waals surface area contributed by atoms with Crippen LogP contribution in [0.1, 0.15) is 0 Å². The predicted octanol–water partition coefficient (Wildman–Crippen LogP) is -2.30. The van der Waals surface area contributed by atoms with E-state index >= 15 is 0 Å². The number of rotatable bonds is 4. The van der Waals surface area contributed by atoms with Crippen molar-refractivity contribution >= 4 is 19.7 Å². The molecular weight excluding hydrogens is 146 g/mol. The first-order valence-electron chi connectivity index (χ1n) is 3.13. The Balaban J connectivity index is 2.91. The molecule has 9 heavy (non-hydrogen) atoms. The first-order chi connectivity index (χ1) is 4.13. The maximum absolute atomic E-state index is 3.51. The molecule has 0 heterocycles. The molecule has 0 atom stereocenters. The molecule has 0 aromatic heterocycles. The average Bonchev–Trinajstić information content (AvgIpc) is 1.63. The molecule has 0 saturated heterocycles. The minimum absolute atomic E-state index is 0.0933. The summed E-state index contributed by atoms with van der Waals surface area (Å²) in [5.74, 6) is 0. The first-order valence-corrected chi connectivity index (χ1v) is 5.81. The van der Waals surface area contributed by atoms with Crippen molar-refractivity contribution in [3.63, 3.8) is 0 Å². The molecule has 0 aliphatic rings. The van der Waals surface area contributed by atoms with E-state index < -0.39 is 0 Å². The Kier molecular flexibility index (Phi) is 5.31. The topological polar surface area (TPSA) is 18.5 Å². The second-order valence-corrected chi connectivity index (χ2v) is 7.89. The smallest absolute Gasteiger partial charge is 0.163 e. The summed E-state index contributed by atoms with van der Waals surface area (Å²) in [5, 5.41) is 0. The lowest BCUT2D eigenvalue weighted by Crippen LogP contribution is -2.41. The average molecular weight is 163 g/mol. The molecule has 0 radical (unpaired) electrons. The molecule has 0 aliphatic heterocycles. The molecule has 0 amide bonds. The van der Waals surface area contributed by atoms with Gasteiger partial charge in [-0.3, -0.25) is 0 Å². The molecule has 0 saturated carbocycles. The molecule has 0 aromatic rings. The number of nitrogens with zero attached hydrogens (tertiary/aromatic N) is 2. The fraction of sp³-hybridized carbons (Fsp3) is 1.00. The highest BCUT2D eigenvalue weighted by Crippen LogP contribution is 1.64. The Morgan fingerprint density at radius 3 is 1.44 bits per heavy atom. The van der Waals surface area contributed by atoms with E-state index in [9.17, 15) is 0 Å². The van der Waals surface area contributed by atoms with Crippen LogP contribution >= 0.6 is 0 Å². The quantitative estimate of drug-likeness (QED) is 0.470. The van der Waals surface area contributed by atoms with Gasteiger partial charge in [0.1, 0.15) is 0 Å². The second-order valence-electron chi connectivity index (χ2n) is 2.73. The molecular formula is C4H17N3Si2. The van der Waals surface area contributed by atoms with Gasteiger partial charge in [-0.15, -0.1) is 0 Å². The second kappa shape index (κ2) is 5.13. The molecule has 0 spiro atoms. The first kappa shape index (κ1) is 9.31. The summed E-state index contributed by atoms with van der Waals surface area (Å²) in [5.41, 5.74) is 0. The van der Waals surface area contributed by atoms with Gasteiger partial charge in [0.2, 0.25) is 0 Å². The van der Waals surface area contributed by atoms with Crippen molar-refractivity contribution in [1.82, 2.24) is 13.8 Å². The summed E-state index contributed by atoms with van der Waals surface area (Å²) in [4.78, 5) is 0. The van der Waals surface area contributed by atoms with Crippen LogP contribution in [0.4, 0.5) is 0 Å². The molecule has 1 N–H and O–H groups in total. The van der Waals surface area contributed by atoms with Crippen molar-refractivity contribution < 1.29 is 0 Å². The Bertz CT molecular complexity index is 58.8. The number of hydrogen-bond acceptors (Lipinski definition) is 3. The highest BCUT2D eigenvalue weighted by atomic mass is 28.3. The Morgan fingerprint density at radius 2 is 1.22 bits per heavy atom. The summed E-state index contributed by atoms with van der Waals surface area (Å²) < 4.78 is 8.06. The fourth-order valence-corrected chi connectivity index (χ4v) is 4.47. The van der Waals surface area contributed by atoms with Crippen LogP contribution in [-0.4, -0.2) is 57.0 Å². The van der Waals surface area contributed by atoms with Crippen LogP contribution in [0.25, 0.3) is 0 Å². The van der Waals surface area contributed by atoms with Crippen LogP contribution in [0.3, 0.4) is 0 Å². The lowest BCUT2D eigenvalue weighted by Gasteiger charge is -2.13. The zero-order chi connectivity index (χ0) is 7.28. The summed E-state index contributed by atoms with van der Waals surface area (Å²) in [7, 11) is 8.33. The van der Waals surface area contributed by atoms with Gasteiger partial charge < -0.3 is 13.8 Å². The van der Waals surface area contributed by atoms with E-state index in [4.69, 9.17) is 0 Å². The van der Waals surface area contributed by atoms with Crippen molar-refractivity contribution in [2.45, 2.75) is 0 Å². The van der Waals surface area contributed by atoms with E-state index in [1.165, 1.54) is 0 Å². The van der Waals surface area contributed by atoms with Gasteiger partial charge in [0, 0.05) is 0 Å². The predicted molar refractivity (Wildman–Crippen MR) is 47.6 cm³/mol. The van der Waals surface area contributed by atoms with E-state index in [-0.39, 0.29) is 19.7 Å². The van der Waals surface area contributed by atoms with E-state index in [2.05, 4.69) is 42.0 Å². The van der Waals surface area contributed by atoms with Gasteiger partial charge in [-0.05, 0) is 28.2 Å². The Labute approximate surface area is 62.4 Å². The normalized spacial score (nSPS) is 14.0. The molecule has 0 rings (SSSR count). The van der Waals surface area contributed by atoms with Crippen molar-refractivity contribution in [2.75, 3.05) is 28.2 Å². The largest absolute Gasteiger partial charge is 0.345 e. The summed E-state index contributed by atoms with van der Waals surface area (Å²) in [6, 6.07) is 0. The van der Waals surface area contributed by atoms with Crippen LogP contribution in [0.5, 0.6) is 0 Å².